The number of hydrogen-bond acceptors (Lipinski definition) is 7. The summed E-state index contributed by atoms with van der Waals surface area (Å²) < 4.78 is 5.15. The second kappa shape index (κ2) is 11.6. The fourth-order valence-electron chi connectivity index (χ4n) is 3.12. The number of para-hydroxylation sites is 4. The van der Waals surface area contributed by atoms with Crippen LogP contribution in [0.2, 0.25) is 0 Å². The van der Waals surface area contributed by atoms with Crippen molar-refractivity contribution < 1.29 is 19.1 Å². The summed E-state index contributed by atoms with van der Waals surface area (Å²) in [5.74, 6) is -0.411. The number of nitrogens with one attached hydrogen (secondary N) is 5. The molecule has 184 valence electrons. The maximum Gasteiger partial charge on any atom is 0.408 e. The molecule has 4 rings (SSSR count). The molecular formula is C23H31ClN6O4. The summed E-state index contributed by atoms with van der Waals surface area (Å²) >= 11 is 0. The van der Waals surface area contributed by atoms with Crippen LogP contribution in [-0.4, -0.2) is 48.7 Å². The second-order valence-electron chi connectivity index (χ2n) is 8.64. The first-order valence-corrected chi connectivity index (χ1v) is 10.6. The molecule has 0 fully saturated rings. The van der Waals surface area contributed by atoms with Gasteiger partial charge in [-0.3, -0.25) is 9.59 Å². The molecule has 0 radical (unpaired) electrons. The van der Waals surface area contributed by atoms with Crippen molar-refractivity contribution in [2.45, 2.75) is 38.5 Å². The summed E-state index contributed by atoms with van der Waals surface area (Å²) in [6.07, 6.45) is -0.606. The number of carbonyl (C=O) groups is 3. The highest BCUT2D eigenvalue weighted by atomic mass is 35.5. The molecule has 2 aromatic carbocycles. The van der Waals surface area contributed by atoms with Crippen molar-refractivity contribution in [2.75, 3.05) is 34.4 Å². The third-order valence-corrected chi connectivity index (χ3v) is 4.72. The SMILES string of the molecule is CC(C)(C)OC(=O)N[C@H]1CNc2ccccc2NC1=O.Cl.N[C@H]1CNc2ccccc2NC1=O. The Hall–Kier alpha value is -3.50. The van der Waals surface area contributed by atoms with Crippen LogP contribution in [0.1, 0.15) is 20.8 Å². The molecular weight excluding hydrogens is 460 g/mol. The standard InChI is InChI=1S/C14H19N3O3.C9H11N3O.ClH/c1-14(2,3)20-13(19)17-11-8-15-9-6-4-5-7-10(9)16-12(11)18;10-6-5-11-7-3-1-2-4-8(7)12-9(6)13;/h4-7,11,15H,8H2,1-3H3,(H,16,18)(H,17,19);1-4,6,11H,5,10H2,(H,12,13);1H/t11-;6-;/m00./s1. The van der Waals surface area contributed by atoms with Crippen molar-refractivity contribution >= 4 is 53.1 Å². The molecule has 0 saturated heterocycles. The van der Waals surface area contributed by atoms with Crippen LogP contribution in [-0.2, 0) is 14.3 Å². The Morgan fingerprint density at radius 1 is 0.882 bits per heavy atom. The molecule has 11 heteroatoms. The lowest BCUT2D eigenvalue weighted by Crippen LogP contribution is -2.48. The zero-order chi connectivity index (χ0) is 24.0. The van der Waals surface area contributed by atoms with Gasteiger partial charge in [-0.1, -0.05) is 24.3 Å². The number of hydrogen-bond donors (Lipinski definition) is 6. The van der Waals surface area contributed by atoms with Crippen LogP contribution in [0.15, 0.2) is 48.5 Å². The first kappa shape index (κ1) is 26.7. The fraction of sp³-hybridized carbons (Fsp3) is 0.348. The van der Waals surface area contributed by atoms with Crippen LogP contribution in [0.3, 0.4) is 0 Å². The first-order valence-electron chi connectivity index (χ1n) is 10.6. The van der Waals surface area contributed by atoms with Gasteiger partial charge in [-0.15, -0.1) is 12.4 Å². The van der Waals surface area contributed by atoms with Crippen LogP contribution in [0, 0.1) is 0 Å². The van der Waals surface area contributed by atoms with E-state index in [2.05, 4.69) is 26.6 Å². The van der Waals surface area contributed by atoms with Crippen molar-refractivity contribution in [2.24, 2.45) is 5.73 Å². The molecule has 0 aliphatic carbocycles. The number of benzene rings is 2. The van der Waals surface area contributed by atoms with Crippen LogP contribution in [0.25, 0.3) is 0 Å². The van der Waals surface area contributed by atoms with Crippen LogP contribution < -0.4 is 32.3 Å². The topological polar surface area (TPSA) is 147 Å². The summed E-state index contributed by atoms with van der Waals surface area (Å²) in [6, 6.07) is 13.8. The molecule has 0 aromatic heterocycles. The number of fused-ring (bicyclic) bond motifs is 2. The molecule has 3 amide bonds. The molecule has 2 aliphatic heterocycles. The Balaban J connectivity index is 0.000000253. The van der Waals surface area contributed by atoms with Gasteiger partial charge in [-0.25, -0.2) is 4.79 Å². The number of amides is 3. The fourth-order valence-corrected chi connectivity index (χ4v) is 3.12. The van der Waals surface area contributed by atoms with Gasteiger partial charge in [-0.05, 0) is 45.0 Å². The van der Waals surface area contributed by atoms with Gasteiger partial charge >= 0.3 is 6.09 Å². The molecule has 0 saturated carbocycles. The molecule has 0 unspecified atom stereocenters. The number of halogens is 1. The van der Waals surface area contributed by atoms with Crippen molar-refractivity contribution in [3.8, 4) is 0 Å². The predicted molar refractivity (Wildman–Crippen MR) is 136 cm³/mol. The molecule has 0 bridgehead atoms. The average molecular weight is 491 g/mol. The van der Waals surface area contributed by atoms with E-state index in [0.717, 1.165) is 17.1 Å². The highest BCUT2D eigenvalue weighted by molar-refractivity contribution is 6.01. The Morgan fingerprint density at radius 3 is 1.88 bits per heavy atom. The van der Waals surface area contributed by atoms with Gasteiger partial charge in [0.2, 0.25) is 11.8 Å². The lowest BCUT2D eigenvalue weighted by molar-refractivity contribution is -0.118. The maximum absolute atomic E-state index is 12.1. The van der Waals surface area contributed by atoms with Crippen molar-refractivity contribution in [1.82, 2.24) is 5.32 Å². The van der Waals surface area contributed by atoms with E-state index < -0.39 is 23.8 Å². The maximum atomic E-state index is 12.1. The minimum Gasteiger partial charge on any atom is -0.444 e. The summed E-state index contributed by atoms with van der Waals surface area (Å²) in [7, 11) is 0. The Morgan fingerprint density at radius 2 is 1.35 bits per heavy atom. The third kappa shape index (κ3) is 7.53. The van der Waals surface area contributed by atoms with Gasteiger partial charge in [0.1, 0.15) is 17.7 Å². The van der Waals surface area contributed by atoms with Crippen molar-refractivity contribution in [3.63, 3.8) is 0 Å². The van der Waals surface area contributed by atoms with Crippen LogP contribution in [0.5, 0.6) is 0 Å². The van der Waals surface area contributed by atoms with Crippen molar-refractivity contribution in [1.29, 1.82) is 0 Å². The zero-order valence-electron chi connectivity index (χ0n) is 19.3. The Labute approximate surface area is 204 Å². The highest BCUT2D eigenvalue weighted by Gasteiger charge is 2.27. The molecule has 2 heterocycles. The number of carbonyl (C=O) groups excluding carboxylic acids is 3. The highest BCUT2D eigenvalue weighted by Crippen LogP contribution is 2.24. The smallest absolute Gasteiger partial charge is 0.408 e. The minimum atomic E-state index is -0.683. The van der Waals surface area contributed by atoms with E-state index in [0.29, 0.717) is 18.8 Å². The van der Waals surface area contributed by atoms with Gasteiger partial charge in [0.05, 0.1) is 22.7 Å². The van der Waals surface area contributed by atoms with Gasteiger partial charge in [-0.2, -0.15) is 0 Å². The molecule has 7 N–H and O–H groups in total. The quantitative estimate of drug-likeness (QED) is 0.360. The molecule has 2 aromatic rings. The van der Waals surface area contributed by atoms with Crippen molar-refractivity contribution in [3.05, 3.63) is 48.5 Å². The summed E-state index contributed by atoms with van der Waals surface area (Å²) in [5, 5.41) is 14.3. The number of nitrogens with two attached hydrogens (primary N) is 1. The first-order chi connectivity index (χ1) is 15.6. The third-order valence-electron chi connectivity index (χ3n) is 4.72. The number of alkyl carbamates (subject to hydrolysis) is 1. The summed E-state index contributed by atoms with van der Waals surface area (Å²) in [4.78, 5) is 35.1. The molecule has 2 atom stereocenters. The molecule has 10 nitrogen and oxygen atoms in total. The van der Waals surface area contributed by atoms with Gasteiger partial charge in [0.25, 0.3) is 0 Å². The Kier molecular flexibility index (Phi) is 9.11. The molecule has 2 aliphatic rings. The summed E-state index contributed by atoms with van der Waals surface area (Å²) in [5.41, 5.74) is 8.23. The predicted octanol–water partition coefficient (Wildman–Crippen LogP) is 2.74. The van der Waals surface area contributed by atoms with E-state index in [9.17, 15) is 14.4 Å². The largest absolute Gasteiger partial charge is 0.444 e. The van der Waals surface area contributed by atoms with E-state index in [-0.39, 0.29) is 24.2 Å². The molecule has 0 spiro atoms. The van der Waals surface area contributed by atoms with E-state index in [1.807, 2.05) is 42.5 Å². The lowest BCUT2D eigenvalue weighted by Gasteiger charge is -2.22. The Bertz CT molecular complexity index is 1030. The van der Waals surface area contributed by atoms with Gasteiger partial charge < -0.3 is 37.1 Å². The average Bonchev–Trinajstić information content (AvgIpc) is 2.99. The number of ether oxygens (including phenoxy) is 1. The minimum absolute atomic E-state index is 0. The number of anilines is 4. The second-order valence-corrected chi connectivity index (χ2v) is 8.64. The zero-order valence-corrected chi connectivity index (χ0v) is 20.1. The van der Waals surface area contributed by atoms with E-state index in [1.54, 1.807) is 26.8 Å². The van der Waals surface area contributed by atoms with Gasteiger partial charge in [0, 0.05) is 13.1 Å². The van der Waals surface area contributed by atoms with E-state index in [4.69, 9.17) is 10.5 Å². The van der Waals surface area contributed by atoms with E-state index >= 15 is 0 Å². The lowest BCUT2D eigenvalue weighted by atomic mass is 10.2. The van der Waals surface area contributed by atoms with Crippen LogP contribution >= 0.6 is 12.4 Å². The van der Waals surface area contributed by atoms with E-state index in [1.165, 1.54) is 0 Å². The monoisotopic (exact) mass is 490 g/mol. The normalized spacial score (nSPS) is 18.7. The summed E-state index contributed by atoms with van der Waals surface area (Å²) in [6.45, 7) is 6.10. The van der Waals surface area contributed by atoms with Crippen LogP contribution in [0.4, 0.5) is 27.5 Å². The van der Waals surface area contributed by atoms with Gasteiger partial charge in [0.15, 0.2) is 0 Å². The number of rotatable bonds is 1. The molecule has 34 heavy (non-hydrogen) atoms.